The van der Waals surface area contributed by atoms with Crippen molar-refractivity contribution in [3.8, 4) is 0 Å². The van der Waals surface area contributed by atoms with E-state index in [2.05, 4.69) is 10.5 Å². The molecule has 1 atom stereocenters. The van der Waals surface area contributed by atoms with E-state index in [0.29, 0.717) is 0 Å². The van der Waals surface area contributed by atoms with Crippen LogP contribution in [-0.2, 0) is 15.2 Å². The van der Waals surface area contributed by atoms with Crippen LogP contribution >= 0.6 is 23.2 Å². The third-order valence-corrected chi connectivity index (χ3v) is 5.07. The monoisotopic (exact) mass is 498 g/mol. The van der Waals surface area contributed by atoms with Crippen molar-refractivity contribution in [2.24, 2.45) is 5.16 Å². The first-order valence-corrected chi connectivity index (χ1v) is 9.80. The summed E-state index contributed by atoms with van der Waals surface area (Å²) in [6, 6.07) is 8.97. The van der Waals surface area contributed by atoms with Gasteiger partial charge in [0.15, 0.2) is 0 Å². The van der Waals surface area contributed by atoms with Gasteiger partial charge in [-0.3, -0.25) is 4.79 Å². The normalized spacial score (nSPS) is 18.8. The van der Waals surface area contributed by atoms with E-state index in [1.807, 2.05) is 0 Å². The topological polar surface area (TPSA) is 50.7 Å². The fraction of sp³-hybridized carbons (Fsp3) is 0.300. The SMILES string of the molecule is O=C(CCC(F)(F)F)Nc1cccc(C2=NOC(c3cc(Cl)cc(Cl)c3)(C(F)(F)F)C2)c1. The summed E-state index contributed by atoms with van der Waals surface area (Å²) in [6.07, 6.45) is -12.2. The van der Waals surface area contributed by atoms with Crippen molar-refractivity contribution in [2.45, 2.75) is 37.2 Å². The Bertz CT molecular complexity index is 1030. The summed E-state index contributed by atoms with van der Waals surface area (Å²) < 4.78 is 79.0. The molecule has 4 nitrogen and oxygen atoms in total. The Balaban J connectivity index is 1.83. The van der Waals surface area contributed by atoms with E-state index in [9.17, 15) is 31.1 Å². The Hall–Kier alpha value is -2.46. The molecule has 1 heterocycles. The molecule has 2 aromatic rings. The first-order valence-electron chi connectivity index (χ1n) is 9.04. The number of hydrogen-bond acceptors (Lipinski definition) is 3. The van der Waals surface area contributed by atoms with Crippen molar-refractivity contribution in [1.29, 1.82) is 0 Å². The maximum atomic E-state index is 14.1. The third-order valence-electron chi connectivity index (χ3n) is 4.63. The average molecular weight is 499 g/mol. The number of oxime groups is 1. The predicted octanol–water partition coefficient (Wildman–Crippen LogP) is 6.86. The largest absolute Gasteiger partial charge is 0.435 e. The average Bonchev–Trinajstić information content (AvgIpc) is 3.12. The highest BCUT2D eigenvalue weighted by Gasteiger charge is 2.62. The van der Waals surface area contributed by atoms with E-state index in [0.717, 1.165) is 12.1 Å². The lowest BCUT2D eigenvalue weighted by molar-refractivity contribution is -0.275. The molecule has 0 bridgehead atoms. The second kappa shape index (κ2) is 8.82. The zero-order valence-corrected chi connectivity index (χ0v) is 17.5. The number of halogens is 8. The molecule has 0 saturated carbocycles. The quantitative estimate of drug-likeness (QED) is 0.458. The molecular weight excluding hydrogens is 485 g/mol. The Morgan fingerprint density at radius 2 is 1.72 bits per heavy atom. The summed E-state index contributed by atoms with van der Waals surface area (Å²) in [6.45, 7) is 0. The van der Waals surface area contributed by atoms with Crippen LogP contribution in [0.5, 0.6) is 0 Å². The van der Waals surface area contributed by atoms with Gasteiger partial charge >= 0.3 is 12.4 Å². The van der Waals surface area contributed by atoms with Gasteiger partial charge in [-0.05, 0) is 30.3 Å². The lowest BCUT2D eigenvalue weighted by Crippen LogP contribution is -2.42. The Morgan fingerprint density at radius 3 is 2.31 bits per heavy atom. The van der Waals surface area contributed by atoms with Gasteiger partial charge in [-0.15, -0.1) is 0 Å². The van der Waals surface area contributed by atoms with Crippen LogP contribution in [-0.4, -0.2) is 24.0 Å². The summed E-state index contributed by atoms with van der Waals surface area (Å²) in [4.78, 5) is 16.6. The first-order chi connectivity index (χ1) is 14.8. The highest BCUT2D eigenvalue weighted by molar-refractivity contribution is 6.34. The highest BCUT2D eigenvalue weighted by atomic mass is 35.5. The van der Waals surface area contributed by atoms with E-state index >= 15 is 0 Å². The van der Waals surface area contributed by atoms with Gasteiger partial charge in [0.1, 0.15) is 0 Å². The number of alkyl halides is 6. The highest BCUT2D eigenvalue weighted by Crippen LogP contribution is 2.49. The Kier molecular flexibility index (Phi) is 6.67. The minimum atomic E-state index is -4.88. The third kappa shape index (κ3) is 5.47. The Morgan fingerprint density at radius 1 is 1.06 bits per heavy atom. The number of anilines is 1. The summed E-state index contributed by atoms with van der Waals surface area (Å²) >= 11 is 11.7. The molecule has 0 fully saturated rings. The minimum Gasteiger partial charge on any atom is -0.374 e. The molecule has 0 aliphatic carbocycles. The molecule has 32 heavy (non-hydrogen) atoms. The van der Waals surface area contributed by atoms with E-state index < -0.39 is 43.1 Å². The molecule has 0 aromatic heterocycles. The van der Waals surface area contributed by atoms with Crippen LogP contribution < -0.4 is 5.32 Å². The smallest absolute Gasteiger partial charge is 0.374 e. The van der Waals surface area contributed by atoms with Crippen molar-refractivity contribution in [3.63, 3.8) is 0 Å². The first kappa shape index (κ1) is 24.2. The molecule has 1 amide bonds. The van der Waals surface area contributed by atoms with E-state index in [1.165, 1.54) is 30.3 Å². The number of benzene rings is 2. The molecule has 1 aliphatic rings. The van der Waals surface area contributed by atoms with Gasteiger partial charge in [0, 0.05) is 39.7 Å². The van der Waals surface area contributed by atoms with Gasteiger partial charge in [0.25, 0.3) is 5.60 Å². The number of amides is 1. The van der Waals surface area contributed by atoms with Gasteiger partial charge in [-0.25, -0.2) is 0 Å². The lowest BCUT2D eigenvalue weighted by Gasteiger charge is -2.29. The molecule has 0 radical (unpaired) electrons. The number of rotatable bonds is 5. The van der Waals surface area contributed by atoms with Crippen LogP contribution in [0.4, 0.5) is 32.0 Å². The Labute approximate surface area is 188 Å². The second-order valence-corrected chi connectivity index (χ2v) is 7.91. The summed E-state index contributed by atoms with van der Waals surface area (Å²) in [5, 5.41) is 5.85. The van der Waals surface area contributed by atoms with Crippen LogP contribution in [0.15, 0.2) is 47.6 Å². The van der Waals surface area contributed by atoms with E-state index in [4.69, 9.17) is 28.0 Å². The number of carbonyl (C=O) groups excluding carboxylic acids is 1. The summed E-state index contributed by atoms with van der Waals surface area (Å²) in [7, 11) is 0. The van der Waals surface area contributed by atoms with Crippen molar-refractivity contribution in [3.05, 3.63) is 63.6 Å². The fourth-order valence-corrected chi connectivity index (χ4v) is 3.63. The lowest BCUT2D eigenvalue weighted by atomic mass is 9.86. The van der Waals surface area contributed by atoms with E-state index in [1.54, 1.807) is 0 Å². The molecule has 0 spiro atoms. The van der Waals surface area contributed by atoms with Crippen LogP contribution in [0.25, 0.3) is 0 Å². The van der Waals surface area contributed by atoms with E-state index in [-0.39, 0.29) is 32.6 Å². The number of hydrogen-bond donors (Lipinski definition) is 1. The molecule has 1 unspecified atom stereocenters. The maximum Gasteiger partial charge on any atom is 0.435 e. The number of nitrogens with one attached hydrogen (secondary N) is 1. The number of carbonyl (C=O) groups is 1. The van der Waals surface area contributed by atoms with Gasteiger partial charge in [0.05, 0.1) is 12.1 Å². The second-order valence-electron chi connectivity index (χ2n) is 7.03. The van der Waals surface area contributed by atoms with Crippen LogP contribution in [0, 0.1) is 0 Å². The predicted molar refractivity (Wildman–Crippen MR) is 107 cm³/mol. The van der Waals surface area contributed by atoms with Crippen molar-refractivity contribution in [2.75, 3.05) is 5.32 Å². The van der Waals surface area contributed by atoms with Crippen molar-refractivity contribution < 1.29 is 36.0 Å². The summed E-state index contributed by atoms with van der Waals surface area (Å²) in [5.74, 6) is -0.887. The molecule has 2 aromatic carbocycles. The van der Waals surface area contributed by atoms with Crippen molar-refractivity contribution in [1.82, 2.24) is 0 Å². The standard InChI is InChI=1S/C20H14Cl2F6N2O2/c21-13-7-12(8-14(22)9-13)18(20(26,27)28)10-16(30-32-18)11-2-1-3-15(6-11)29-17(31)4-5-19(23,24)25/h1-3,6-9H,4-5,10H2,(H,29,31). The van der Waals surface area contributed by atoms with Gasteiger partial charge in [-0.1, -0.05) is 40.5 Å². The molecule has 172 valence electrons. The van der Waals surface area contributed by atoms with Crippen LogP contribution in [0.3, 0.4) is 0 Å². The fourth-order valence-electron chi connectivity index (χ4n) is 3.10. The van der Waals surface area contributed by atoms with Gasteiger partial charge < -0.3 is 10.2 Å². The molecule has 12 heteroatoms. The molecule has 3 rings (SSSR count). The molecular formula is C20H14Cl2F6N2O2. The summed E-state index contributed by atoms with van der Waals surface area (Å²) in [5.41, 5.74) is -2.95. The van der Waals surface area contributed by atoms with Gasteiger partial charge in [0.2, 0.25) is 5.91 Å². The van der Waals surface area contributed by atoms with Crippen LogP contribution in [0.2, 0.25) is 10.0 Å². The molecule has 1 aliphatic heterocycles. The van der Waals surface area contributed by atoms with Gasteiger partial charge in [-0.2, -0.15) is 26.3 Å². The minimum absolute atomic E-state index is 0.0169. The number of nitrogens with zero attached hydrogens (tertiary/aromatic N) is 1. The van der Waals surface area contributed by atoms with Crippen LogP contribution in [0.1, 0.15) is 30.4 Å². The molecule has 1 N–H and O–H groups in total. The maximum absolute atomic E-state index is 14.1. The zero-order chi connectivity index (χ0) is 23.7. The zero-order valence-electron chi connectivity index (χ0n) is 16.0. The van der Waals surface area contributed by atoms with Crippen molar-refractivity contribution >= 4 is 40.5 Å². The molecule has 0 saturated heterocycles.